The van der Waals surface area contributed by atoms with E-state index in [2.05, 4.69) is 43.4 Å². The standard InChI is InChI=1S/C21H32N2O3/c1-3-4-5-19(24)10-12-22-21(26)18-14-20(25)23(15-18)13-11-17-8-6-16(2)7-9-17/h6-9,18-19,24H,3-5,10-15H2,1-2H3,(H,22,26). The molecule has 26 heavy (non-hydrogen) atoms. The maximum Gasteiger partial charge on any atom is 0.225 e. The normalized spacial score (nSPS) is 18.2. The summed E-state index contributed by atoms with van der Waals surface area (Å²) >= 11 is 0. The summed E-state index contributed by atoms with van der Waals surface area (Å²) in [5.74, 6) is -0.285. The molecule has 1 fully saturated rings. The SMILES string of the molecule is CCCCC(O)CCNC(=O)C1CC(=O)N(CCc2ccc(C)cc2)C1. The molecule has 1 aliphatic rings. The number of carbonyl (C=O) groups is 2. The molecule has 0 aliphatic carbocycles. The van der Waals surface area contributed by atoms with Crippen LogP contribution in [0.2, 0.25) is 0 Å². The lowest BCUT2D eigenvalue weighted by molar-refractivity contribution is -0.129. The number of rotatable bonds is 10. The molecule has 5 heteroatoms. The summed E-state index contributed by atoms with van der Waals surface area (Å²) in [6, 6.07) is 8.33. The van der Waals surface area contributed by atoms with Crippen molar-refractivity contribution in [3.63, 3.8) is 0 Å². The zero-order valence-corrected chi connectivity index (χ0v) is 16.0. The average molecular weight is 360 g/mol. The highest BCUT2D eigenvalue weighted by Gasteiger charge is 2.33. The number of carbonyl (C=O) groups excluding carboxylic acids is 2. The number of hydrogen-bond donors (Lipinski definition) is 2. The number of unbranched alkanes of at least 4 members (excludes halogenated alkanes) is 1. The lowest BCUT2D eigenvalue weighted by Crippen LogP contribution is -2.35. The van der Waals surface area contributed by atoms with Crippen LogP contribution in [0.25, 0.3) is 0 Å². The Morgan fingerprint density at radius 2 is 2.04 bits per heavy atom. The fraction of sp³-hybridized carbons (Fsp3) is 0.619. The number of nitrogens with zero attached hydrogens (tertiary/aromatic N) is 1. The average Bonchev–Trinajstić information content (AvgIpc) is 3.00. The quantitative estimate of drug-likeness (QED) is 0.673. The molecule has 0 saturated carbocycles. The second-order valence-corrected chi connectivity index (χ2v) is 7.35. The molecule has 0 aromatic heterocycles. The van der Waals surface area contributed by atoms with Gasteiger partial charge >= 0.3 is 0 Å². The first kappa shape index (κ1) is 20.4. The highest BCUT2D eigenvalue weighted by atomic mass is 16.3. The van der Waals surface area contributed by atoms with E-state index in [1.807, 2.05) is 0 Å². The minimum Gasteiger partial charge on any atom is -0.393 e. The number of amides is 2. The Bertz CT molecular complexity index is 585. The number of aryl methyl sites for hydroxylation is 1. The summed E-state index contributed by atoms with van der Waals surface area (Å²) < 4.78 is 0. The van der Waals surface area contributed by atoms with Crippen LogP contribution in [0, 0.1) is 12.8 Å². The molecule has 2 rings (SSSR count). The molecule has 1 heterocycles. The molecule has 1 aromatic rings. The smallest absolute Gasteiger partial charge is 0.225 e. The minimum atomic E-state index is -0.355. The molecule has 2 N–H and O–H groups in total. The topological polar surface area (TPSA) is 69.6 Å². The third-order valence-corrected chi connectivity index (χ3v) is 5.04. The Labute approximate surface area is 156 Å². The number of aliphatic hydroxyl groups excluding tert-OH is 1. The van der Waals surface area contributed by atoms with E-state index in [-0.39, 0.29) is 30.3 Å². The van der Waals surface area contributed by atoms with Crippen molar-refractivity contribution in [2.24, 2.45) is 5.92 Å². The van der Waals surface area contributed by atoms with E-state index >= 15 is 0 Å². The molecule has 0 bridgehead atoms. The molecule has 144 valence electrons. The van der Waals surface area contributed by atoms with Crippen LogP contribution in [0.1, 0.15) is 50.2 Å². The zero-order chi connectivity index (χ0) is 18.9. The summed E-state index contributed by atoms with van der Waals surface area (Å²) in [4.78, 5) is 26.2. The fourth-order valence-corrected chi connectivity index (χ4v) is 3.27. The number of aliphatic hydroxyl groups is 1. The van der Waals surface area contributed by atoms with Crippen LogP contribution >= 0.6 is 0 Å². The van der Waals surface area contributed by atoms with E-state index < -0.39 is 0 Å². The first-order chi connectivity index (χ1) is 12.5. The predicted molar refractivity (Wildman–Crippen MR) is 103 cm³/mol. The van der Waals surface area contributed by atoms with Crippen LogP contribution < -0.4 is 5.32 Å². The van der Waals surface area contributed by atoms with Gasteiger partial charge in [0.05, 0.1) is 12.0 Å². The summed E-state index contributed by atoms with van der Waals surface area (Å²) in [6.45, 7) is 5.77. The molecule has 0 spiro atoms. The van der Waals surface area contributed by atoms with E-state index in [4.69, 9.17) is 0 Å². The van der Waals surface area contributed by atoms with Crippen molar-refractivity contribution in [3.8, 4) is 0 Å². The van der Waals surface area contributed by atoms with Crippen LogP contribution in [0.4, 0.5) is 0 Å². The molecular weight excluding hydrogens is 328 g/mol. The molecule has 2 amide bonds. The van der Waals surface area contributed by atoms with Crippen LogP contribution in [-0.4, -0.2) is 47.6 Å². The van der Waals surface area contributed by atoms with Gasteiger partial charge in [0.2, 0.25) is 11.8 Å². The maximum atomic E-state index is 12.3. The van der Waals surface area contributed by atoms with Gasteiger partial charge in [0.25, 0.3) is 0 Å². The summed E-state index contributed by atoms with van der Waals surface area (Å²) in [5.41, 5.74) is 2.43. The third-order valence-electron chi connectivity index (χ3n) is 5.04. The van der Waals surface area contributed by atoms with Gasteiger partial charge in [-0.15, -0.1) is 0 Å². The molecule has 2 atom stereocenters. The molecule has 5 nitrogen and oxygen atoms in total. The van der Waals surface area contributed by atoms with Crippen molar-refractivity contribution in [2.75, 3.05) is 19.6 Å². The Hall–Kier alpha value is -1.88. The second-order valence-electron chi connectivity index (χ2n) is 7.35. The first-order valence-electron chi connectivity index (χ1n) is 9.78. The van der Waals surface area contributed by atoms with Gasteiger partial charge in [0.1, 0.15) is 0 Å². The first-order valence-corrected chi connectivity index (χ1v) is 9.78. The fourth-order valence-electron chi connectivity index (χ4n) is 3.27. The molecule has 1 saturated heterocycles. The minimum absolute atomic E-state index is 0.0558. The number of likely N-dealkylation sites (tertiary alicyclic amines) is 1. The lowest BCUT2D eigenvalue weighted by atomic mass is 10.1. The third kappa shape index (κ3) is 6.45. The van der Waals surface area contributed by atoms with Gasteiger partial charge in [-0.3, -0.25) is 9.59 Å². The summed E-state index contributed by atoms with van der Waals surface area (Å²) in [5, 5.41) is 12.7. The van der Waals surface area contributed by atoms with Crippen LogP contribution in [0.15, 0.2) is 24.3 Å². The van der Waals surface area contributed by atoms with Crippen molar-refractivity contribution in [3.05, 3.63) is 35.4 Å². The molecule has 1 aliphatic heterocycles. The number of hydrogen-bond acceptors (Lipinski definition) is 3. The highest BCUT2D eigenvalue weighted by molar-refractivity contribution is 5.89. The van der Waals surface area contributed by atoms with Gasteiger partial charge < -0.3 is 15.3 Å². The van der Waals surface area contributed by atoms with Crippen LogP contribution in [0.5, 0.6) is 0 Å². The number of benzene rings is 1. The van der Waals surface area contributed by atoms with Gasteiger partial charge in [-0.2, -0.15) is 0 Å². The van der Waals surface area contributed by atoms with Crippen molar-refractivity contribution in [2.45, 2.75) is 58.5 Å². The van der Waals surface area contributed by atoms with Gasteiger partial charge in [0.15, 0.2) is 0 Å². The van der Waals surface area contributed by atoms with E-state index in [0.717, 1.165) is 25.7 Å². The summed E-state index contributed by atoms with van der Waals surface area (Å²) in [7, 11) is 0. The monoisotopic (exact) mass is 360 g/mol. The Balaban J connectivity index is 1.70. The Morgan fingerprint density at radius 3 is 2.73 bits per heavy atom. The van der Waals surface area contributed by atoms with Crippen molar-refractivity contribution < 1.29 is 14.7 Å². The number of nitrogens with one attached hydrogen (secondary N) is 1. The maximum absolute atomic E-state index is 12.3. The summed E-state index contributed by atoms with van der Waals surface area (Å²) in [6.07, 6.45) is 4.16. The zero-order valence-electron chi connectivity index (χ0n) is 16.0. The van der Waals surface area contributed by atoms with E-state index in [0.29, 0.717) is 26.1 Å². The molecule has 2 unspecified atom stereocenters. The van der Waals surface area contributed by atoms with Gasteiger partial charge in [-0.05, 0) is 31.7 Å². The largest absolute Gasteiger partial charge is 0.393 e. The van der Waals surface area contributed by atoms with Crippen molar-refractivity contribution >= 4 is 11.8 Å². The Morgan fingerprint density at radius 1 is 1.31 bits per heavy atom. The Kier molecular flexibility index (Phi) is 8.10. The van der Waals surface area contributed by atoms with E-state index in [9.17, 15) is 14.7 Å². The van der Waals surface area contributed by atoms with Gasteiger partial charge in [0, 0.05) is 26.1 Å². The van der Waals surface area contributed by atoms with E-state index in [1.165, 1.54) is 11.1 Å². The highest BCUT2D eigenvalue weighted by Crippen LogP contribution is 2.18. The van der Waals surface area contributed by atoms with Crippen LogP contribution in [0.3, 0.4) is 0 Å². The van der Waals surface area contributed by atoms with E-state index in [1.54, 1.807) is 4.90 Å². The molecule has 0 radical (unpaired) electrons. The molecule has 1 aromatic carbocycles. The second kappa shape index (κ2) is 10.3. The van der Waals surface area contributed by atoms with Gasteiger partial charge in [-0.25, -0.2) is 0 Å². The predicted octanol–water partition coefficient (Wildman–Crippen LogP) is 2.44. The van der Waals surface area contributed by atoms with Crippen LogP contribution in [-0.2, 0) is 16.0 Å². The van der Waals surface area contributed by atoms with Crippen molar-refractivity contribution in [1.29, 1.82) is 0 Å². The van der Waals surface area contributed by atoms with Crippen molar-refractivity contribution in [1.82, 2.24) is 10.2 Å². The van der Waals surface area contributed by atoms with Gasteiger partial charge in [-0.1, -0.05) is 49.6 Å². The molecular formula is C21H32N2O3. The lowest BCUT2D eigenvalue weighted by Gasteiger charge is -2.17.